The number of hydrogen-bond acceptors (Lipinski definition) is 2. The summed E-state index contributed by atoms with van der Waals surface area (Å²) in [6, 6.07) is 6.15. The van der Waals surface area contributed by atoms with Crippen LogP contribution in [0.3, 0.4) is 0 Å². The van der Waals surface area contributed by atoms with Crippen LogP contribution >= 0.6 is 0 Å². The van der Waals surface area contributed by atoms with Crippen LogP contribution in [0.2, 0.25) is 0 Å². The highest BCUT2D eigenvalue weighted by Crippen LogP contribution is 2.26. The van der Waals surface area contributed by atoms with Crippen molar-refractivity contribution in [3.05, 3.63) is 42.5 Å². The first-order valence-electron chi connectivity index (χ1n) is 4.55. The summed E-state index contributed by atoms with van der Waals surface area (Å²) in [5.41, 5.74) is 6.35. The van der Waals surface area contributed by atoms with E-state index in [-0.39, 0.29) is 11.8 Å². The molecule has 0 bridgehead atoms. The van der Waals surface area contributed by atoms with Crippen molar-refractivity contribution in [3.8, 4) is 5.75 Å². The standard InChI is InChI=1S/C11H13F2NO/c1-2-5-9(14)8-6-3-4-7-10(8)15-11(12)13/h2-4,6-7,9,11H,1,5,14H2. The van der Waals surface area contributed by atoms with Crippen LogP contribution in [0.15, 0.2) is 36.9 Å². The zero-order valence-corrected chi connectivity index (χ0v) is 8.20. The first-order chi connectivity index (χ1) is 7.15. The van der Waals surface area contributed by atoms with Crippen LogP contribution in [0.4, 0.5) is 8.78 Å². The maximum absolute atomic E-state index is 12.1. The topological polar surface area (TPSA) is 35.2 Å². The zero-order valence-electron chi connectivity index (χ0n) is 8.20. The number of benzene rings is 1. The second-order valence-electron chi connectivity index (χ2n) is 3.05. The quantitative estimate of drug-likeness (QED) is 0.763. The highest BCUT2D eigenvalue weighted by atomic mass is 19.3. The van der Waals surface area contributed by atoms with Crippen LogP contribution in [0, 0.1) is 0 Å². The van der Waals surface area contributed by atoms with Crippen molar-refractivity contribution < 1.29 is 13.5 Å². The fraction of sp³-hybridized carbons (Fsp3) is 0.273. The molecule has 0 radical (unpaired) electrons. The molecule has 0 saturated carbocycles. The second-order valence-corrected chi connectivity index (χ2v) is 3.05. The van der Waals surface area contributed by atoms with E-state index in [1.54, 1.807) is 24.3 Å². The van der Waals surface area contributed by atoms with E-state index < -0.39 is 6.61 Å². The molecule has 0 aliphatic carbocycles. The van der Waals surface area contributed by atoms with E-state index in [4.69, 9.17) is 5.73 Å². The van der Waals surface area contributed by atoms with Gasteiger partial charge in [0.2, 0.25) is 0 Å². The fourth-order valence-corrected chi connectivity index (χ4v) is 1.30. The summed E-state index contributed by atoms with van der Waals surface area (Å²) in [6.07, 6.45) is 2.16. The van der Waals surface area contributed by atoms with Crippen molar-refractivity contribution in [1.82, 2.24) is 0 Å². The van der Waals surface area contributed by atoms with E-state index >= 15 is 0 Å². The van der Waals surface area contributed by atoms with Crippen LogP contribution < -0.4 is 10.5 Å². The Morgan fingerprint density at radius 1 is 1.40 bits per heavy atom. The highest BCUT2D eigenvalue weighted by Gasteiger charge is 2.13. The molecule has 0 aliphatic heterocycles. The largest absolute Gasteiger partial charge is 0.434 e. The first kappa shape index (κ1) is 11.7. The summed E-state index contributed by atoms with van der Waals surface area (Å²) in [5.74, 6) is 0.127. The average Bonchev–Trinajstić information content (AvgIpc) is 2.18. The number of rotatable bonds is 5. The van der Waals surface area contributed by atoms with E-state index in [2.05, 4.69) is 11.3 Å². The molecule has 1 aromatic rings. The average molecular weight is 213 g/mol. The molecule has 0 spiro atoms. The zero-order chi connectivity index (χ0) is 11.3. The summed E-state index contributed by atoms with van der Waals surface area (Å²) in [6.45, 7) is 0.716. The second kappa shape index (κ2) is 5.46. The van der Waals surface area contributed by atoms with Crippen LogP contribution in [-0.2, 0) is 0 Å². The molecule has 0 fully saturated rings. The van der Waals surface area contributed by atoms with Crippen molar-refractivity contribution in [2.24, 2.45) is 5.73 Å². The van der Waals surface area contributed by atoms with Crippen molar-refractivity contribution in [1.29, 1.82) is 0 Å². The van der Waals surface area contributed by atoms with Crippen LogP contribution in [0.5, 0.6) is 5.75 Å². The van der Waals surface area contributed by atoms with Crippen LogP contribution in [0.1, 0.15) is 18.0 Å². The van der Waals surface area contributed by atoms with Crippen molar-refractivity contribution >= 4 is 0 Å². The lowest BCUT2D eigenvalue weighted by Crippen LogP contribution is -2.12. The van der Waals surface area contributed by atoms with Crippen molar-refractivity contribution in [2.45, 2.75) is 19.1 Å². The Morgan fingerprint density at radius 2 is 2.07 bits per heavy atom. The number of halogens is 2. The number of ether oxygens (including phenoxy) is 1. The van der Waals surface area contributed by atoms with E-state index in [9.17, 15) is 8.78 Å². The van der Waals surface area contributed by atoms with Gasteiger partial charge < -0.3 is 10.5 Å². The molecule has 82 valence electrons. The van der Waals surface area contributed by atoms with Crippen molar-refractivity contribution in [2.75, 3.05) is 0 Å². The Bertz CT molecular complexity index is 328. The Labute approximate surface area is 87.4 Å². The molecule has 1 unspecified atom stereocenters. The van der Waals surface area contributed by atoms with Gasteiger partial charge in [-0.15, -0.1) is 6.58 Å². The van der Waals surface area contributed by atoms with Gasteiger partial charge in [0.15, 0.2) is 0 Å². The van der Waals surface area contributed by atoms with Gasteiger partial charge in [0.05, 0.1) is 0 Å². The lowest BCUT2D eigenvalue weighted by Gasteiger charge is -2.14. The van der Waals surface area contributed by atoms with Gasteiger partial charge in [-0.2, -0.15) is 8.78 Å². The predicted octanol–water partition coefficient (Wildman–Crippen LogP) is 2.86. The minimum atomic E-state index is -2.83. The molecule has 0 aliphatic rings. The molecule has 0 amide bonds. The molecule has 0 heterocycles. The van der Waals surface area contributed by atoms with E-state index in [1.807, 2.05) is 0 Å². The maximum Gasteiger partial charge on any atom is 0.387 e. The molecule has 1 aromatic carbocycles. The maximum atomic E-state index is 12.1. The third-order valence-corrected chi connectivity index (χ3v) is 1.96. The smallest absolute Gasteiger partial charge is 0.387 e. The molecular weight excluding hydrogens is 200 g/mol. The first-order valence-corrected chi connectivity index (χ1v) is 4.55. The number of hydrogen-bond donors (Lipinski definition) is 1. The third kappa shape index (κ3) is 3.32. The molecule has 15 heavy (non-hydrogen) atoms. The third-order valence-electron chi connectivity index (χ3n) is 1.96. The summed E-state index contributed by atoms with van der Waals surface area (Å²) in [4.78, 5) is 0. The van der Waals surface area contributed by atoms with Gasteiger partial charge in [0, 0.05) is 11.6 Å². The number of nitrogens with two attached hydrogens (primary N) is 1. The molecule has 1 atom stereocenters. The van der Waals surface area contributed by atoms with Gasteiger partial charge in [-0.05, 0) is 12.5 Å². The van der Waals surface area contributed by atoms with Crippen LogP contribution in [0.25, 0.3) is 0 Å². The Morgan fingerprint density at radius 3 is 2.67 bits per heavy atom. The summed E-state index contributed by atoms with van der Waals surface area (Å²) < 4.78 is 28.5. The Kier molecular flexibility index (Phi) is 4.24. The van der Waals surface area contributed by atoms with Crippen LogP contribution in [-0.4, -0.2) is 6.61 Å². The Balaban J connectivity index is 2.89. The number of alkyl halides is 2. The molecular formula is C11H13F2NO. The lowest BCUT2D eigenvalue weighted by molar-refractivity contribution is -0.0506. The Hall–Kier alpha value is -1.42. The van der Waals surface area contributed by atoms with Gasteiger partial charge in [-0.3, -0.25) is 0 Å². The molecule has 1 rings (SSSR count). The SMILES string of the molecule is C=CCC(N)c1ccccc1OC(F)F. The lowest BCUT2D eigenvalue weighted by atomic mass is 10.0. The molecule has 2 nitrogen and oxygen atoms in total. The molecule has 0 aromatic heterocycles. The fourth-order valence-electron chi connectivity index (χ4n) is 1.30. The molecule has 4 heteroatoms. The van der Waals surface area contributed by atoms with E-state index in [0.717, 1.165) is 0 Å². The highest BCUT2D eigenvalue weighted by molar-refractivity contribution is 5.36. The van der Waals surface area contributed by atoms with Crippen molar-refractivity contribution in [3.63, 3.8) is 0 Å². The summed E-state index contributed by atoms with van der Waals surface area (Å²) in [7, 11) is 0. The normalized spacial score (nSPS) is 12.5. The predicted molar refractivity (Wildman–Crippen MR) is 54.8 cm³/mol. The summed E-state index contributed by atoms with van der Waals surface area (Å²) in [5, 5.41) is 0. The minimum Gasteiger partial charge on any atom is -0.434 e. The van der Waals surface area contributed by atoms with Gasteiger partial charge in [0.1, 0.15) is 5.75 Å². The number of para-hydroxylation sites is 1. The molecule has 2 N–H and O–H groups in total. The van der Waals surface area contributed by atoms with Gasteiger partial charge in [-0.1, -0.05) is 24.3 Å². The van der Waals surface area contributed by atoms with Gasteiger partial charge in [-0.25, -0.2) is 0 Å². The minimum absolute atomic E-state index is 0.127. The molecule has 0 saturated heterocycles. The van der Waals surface area contributed by atoms with E-state index in [0.29, 0.717) is 12.0 Å². The summed E-state index contributed by atoms with van der Waals surface area (Å²) >= 11 is 0. The van der Waals surface area contributed by atoms with Gasteiger partial charge in [0.25, 0.3) is 0 Å². The van der Waals surface area contributed by atoms with Gasteiger partial charge >= 0.3 is 6.61 Å². The monoisotopic (exact) mass is 213 g/mol. The van der Waals surface area contributed by atoms with E-state index in [1.165, 1.54) is 6.07 Å².